The van der Waals surface area contributed by atoms with Gasteiger partial charge in [0, 0.05) is 64.6 Å². The molecule has 16 rings (SSSR count). The molecule has 0 fully saturated rings. The second-order valence-electron chi connectivity index (χ2n) is 19.0. The third-order valence-electron chi connectivity index (χ3n) is 14.7. The van der Waals surface area contributed by atoms with Gasteiger partial charge < -0.3 is 13.7 Å². The molecule has 0 aliphatic heterocycles. The number of nitrogens with zero attached hydrogens (tertiary/aromatic N) is 8. The molecule has 28 heteroatoms. The van der Waals surface area contributed by atoms with Crippen LogP contribution in [-0.2, 0) is 30.4 Å². The molecule has 394 valence electrons. The topological polar surface area (TPSA) is 361 Å². The molecule has 0 spiro atoms. The van der Waals surface area contributed by atoms with Crippen molar-refractivity contribution in [2.45, 2.75) is 19.6 Å². The van der Waals surface area contributed by atoms with Gasteiger partial charge in [-0.3, -0.25) is 50.4 Å². The Morgan fingerprint density at radius 3 is 0.725 bits per heavy atom. The molecule has 8 aromatic carbocycles. The van der Waals surface area contributed by atoms with E-state index < -0.39 is 63.5 Å². The van der Waals surface area contributed by atoms with Crippen LogP contribution in [0.25, 0.3) is 131 Å². The van der Waals surface area contributed by atoms with E-state index >= 15 is 0 Å². The first-order valence-electron chi connectivity index (χ1n) is 23.3. The van der Waals surface area contributed by atoms with Crippen LogP contribution in [0.5, 0.6) is 0 Å². The summed E-state index contributed by atoms with van der Waals surface area (Å²) in [5.41, 5.74) is 1.38. The third kappa shape index (κ3) is 6.37. The van der Waals surface area contributed by atoms with Gasteiger partial charge in [0.05, 0.1) is 63.7 Å². The maximum atomic E-state index is 13.8. The molecule has 0 atom stereocenters. The van der Waals surface area contributed by atoms with Crippen LogP contribution in [-0.4, -0.2) is 90.1 Å². The highest BCUT2D eigenvalue weighted by atomic mass is 32.3. The van der Waals surface area contributed by atoms with Gasteiger partial charge in [0.2, 0.25) is 0 Å². The zero-order chi connectivity index (χ0) is 55.8. The molecule has 8 aromatic heterocycles. The number of aromatic nitrogens is 8. The van der Waals surface area contributed by atoms with Gasteiger partial charge in [0.15, 0.2) is 0 Å². The van der Waals surface area contributed by atoms with E-state index in [-0.39, 0.29) is 85.8 Å². The maximum Gasteiger partial charge on any atom is 0.294 e. The highest BCUT2D eigenvalue weighted by Crippen LogP contribution is 2.45. The lowest BCUT2D eigenvalue weighted by Gasteiger charge is -2.18. The van der Waals surface area contributed by atoms with Crippen molar-refractivity contribution in [1.82, 2.24) is 37.5 Å². The number of rotatable bonds is 4. The number of pyridine rings is 4. The smallest absolute Gasteiger partial charge is 0.294 e. The van der Waals surface area contributed by atoms with E-state index in [0.717, 1.165) is 0 Å². The van der Waals surface area contributed by atoms with Gasteiger partial charge in [-0.05, 0) is 121 Å². The van der Waals surface area contributed by atoms with Gasteiger partial charge >= 0.3 is 0 Å². The zero-order valence-corrected chi connectivity index (χ0v) is 42.8. The molecule has 16 aromatic rings. The quantitative estimate of drug-likeness (QED) is 0.0762. The van der Waals surface area contributed by atoms with Crippen LogP contribution in [0.3, 0.4) is 0 Å². The van der Waals surface area contributed by atoms with Crippen molar-refractivity contribution in [2.75, 3.05) is 0 Å². The lowest BCUT2D eigenvalue weighted by molar-refractivity contribution is 0.376. The summed E-state index contributed by atoms with van der Waals surface area (Å²) < 4.78 is 133. The molecule has 0 amide bonds. The monoisotopic (exact) mass is 1150 g/mol. The molecule has 0 aliphatic carbocycles. The Bertz CT molecular complexity index is 6030. The fourth-order valence-corrected chi connectivity index (χ4v) is 13.4. The van der Waals surface area contributed by atoms with Crippen LogP contribution >= 0.6 is 10.9 Å². The Labute approximate surface area is 442 Å². The van der Waals surface area contributed by atoms with Crippen molar-refractivity contribution in [2.24, 2.45) is 0 Å². The summed E-state index contributed by atoms with van der Waals surface area (Å²) in [6.45, 7) is 0. The normalized spacial score (nSPS) is 13.6. The summed E-state index contributed by atoms with van der Waals surface area (Å²) >= 11 is 0. The molecule has 0 saturated heterocycles. The summed E-state index contributed by atoms with van der Waals surface area (Å²) in [5.74, 6) is 0. The number of hydrogen-bond donors (Lipinski definition) is 6. The van der Waals surface area contributed by atoms with Crippen LogP contribution in [0, 0.1) is 0 Å². The van der Waals surface area contributed by atoms with E-state index in [1.165, 1.54) is 103 Å². The van der Waals surface area contributed by atoms with E-state index in [4.69, 9.17) is 0 Å². The highest BCUT2D eigenvalue weighted by molar-refractivity contribution is 8.19. The second kappa shape index (κ2) is 15.3. The minimum atomic E-state index is -4.53. The lowest BCUT2D eigenvalue weighted by atomic mass is 9.96. The van der Waals surface area contributed by atoms with Crippen LogP contribution in [0.2, 0.25) is 0 Å². The van der Waals surface area contributed by atoms with Crippen LogP contribution in [0.4, 0.5) is 0 Å². The second-order valence-corrected chi connectivity index (χ2v) is 24.8. The van der Waals surface area contributed by atoms with E-state index in [1.807, 2.05) is 0 Å². The summed E-state index contributed by atoms with van der Waals surface area (Å²) in [6.07, 6.45) is 0. The standard InChI is InChI=1S/C26H14N4O8S2.C26H12N4O8S2/c31-25-15-6-4-14-22-16(26(32)30-20-10-12(40(36,37)38)2-8-18(20)28-24(14)30)5-3-13(21(15)22)23-27-17-7-1-11(39(33,34)35)9-19(17)29(23)25;31-25-15-5-6-16-22-14(24-28-18-8-2-12(40(36,37)38)10-20(18)30(24)26(16)32)4-3-13(21(15)22)23-27-17-7-1-11(39(33,34)35)9-19(17)29(23)25/h1-10,33-35H,(H,36,37,38);1-10H,(H,33,34,35)(H,36,37,38). The van der Waals surface area contributed by atoms with Crippen molar-refractivity contribution in [3.63, 3.8) is 0 Å². The Hall–Kier alpha value is -9.20. The zero-order valence-electron chi connectivity index (χ0n) is 39.5. The van der Waals surface area contributed by atoms with E-state index in [0.29, 0.717) is 65.2 Å². The molecule has 80 heavy (non-hydrogen) atoms. The van der Waals surface area contributed by atoms with Crippen molar-refractivity contribution < 1.29 is 52.6 Å². The minimum absolute atomic E-state index is 0.159. The van der Waals surface area contributed by atoms with Crippen molar-refractivity contribution >= 4 is 173 Å². The number of hydrogen-bond acceptors (Lipinski definition) is 17. The molecule has 8 heterocycles. The van der Waals surface area contributed by atoms with Crippen molar-refractivity contribution in [3.05, 3.63) is 163 Å². The molecular weight excluding hydrogens is 1120 g/mol. The first-order chi connectivity index (χ1) is 37.9. The molecule has 6 N–H and O–H groups in total. The molecule has 0 saturated carbocycles. The van der Waals surface area contributed by atoms with Crippen molar-refractivity contribution in [1.29, 1.82) is 0 Å². The van der Waals surface area contributed by atoms with Crippen molar-refractivity contribution in [3.8, 4) is 0 Å². The van der Waals surface area contributed by atoms with Gasteiger partial charge in [-0.2, -0.15) is 25.3 Å². The molecule has 0 radical (unpaired) electrons. The maximum absolute atomic E-state index is 13.8. The summed E-state index contributed by atoms with van der Waals surface area (Å²) in [4.78, 5) is 72.2. The molecule has 0 aliphatic rings. The summed E-state index contributed by atoms with van der Waals surface area (Å²) in [5, 5.41) is 5.19. The predicted octanol–water partition coefficient (Wildman–Crippen LogP) is 7.01. The van der Waals surface area contributed by atoms with Crippen LogP contribution < -0.4 is 22.2 Å². The Kier molecular flexibility index (Phi) is 9.19. The van der Waals surface area contributed by atoms with E-state index in [9.17, 15) is 71.7 Å². The Balaban J connectivity index is 0.000000138. The highest BCUT2D eigenvalue weighted by Gasteiger charge is 2.27. The van der Waals surface area contributed by atoms with Crippen LogP contribution in [0.15, 0.2) is 160 Å². The largest absolute Gasteiger partial charge is 0.304 e. The van der Waals surface area contributed by atoms with Gasteiger partial charge in [-0.15, -0.1) is 0 Å². The fraction of sp³-hybridized carbons (Fsp3) is 0. The average molecular weight is 1150 g/mol. The Morgan fingerprint density at radius 2 is 0.500 bits per heavy atom. The summed E-state index contributed by atoms with van der Waals surface area (Å²) in [6, 6.07) is 28.4. The number of fused-ring (bicyclic) bond motifs is 16. The van der Waals surface area contributed by atoms with Crippen LogP contribution in [0.1, 0.15) is 0 Å². The predicted molar refractivity (Wildman–Crippen MR) is 296 cm³/mol. The molecule has 24 nitrogen and oxygen atoms in total. The first-order valence-corrected chi connectivity index (χ1v) is 29.1. The number of imidazole rings is 4. The third-order valence-corrected chi connectivity index (χ3v) is 18.2. The molecule has 0 unspecified atom stereocenters. The minimum Gasteiger partial charge on any atom is -0.304 e. The fourth-order valence-electron chi connectivity index (χ4n) is 11.3. The van der Waals surface area contributed by atoms with Gasteiger partial charge in [0.1, 0.15) is 33.5 Å². The average Bonchev–Trinajstić information content (AvgIpc) is 4.37. The van der Waals surface area contributed by atoms with E-state index in [1.54, 1.807) is 36.4 Å². The Morgan fingerprint density at radius 1 is 0.287 bits per heavy atom. The lowest BCUT2D eigenvalue weighted by Crippen LogP contribution is -2.16. The SMILES string of the molecule is O=c1c2ccc3c(=O)n4c5cc(S(=O)(=O)O)ccc5nc4c4ccc(c2c34)c2nc3ccc(S(=O)(=O)O)cc3n12.O=c1c2ccc3c4c(ccc(c24)c2nc4ccc(S(O)(O)O)cc4n12)c(=O)n1c2cc(S(=O)(=O)O)ccc2nc31. The van der Waals surface area contributed by atoms with Gasteiger partial charge in [-0.1, -0.05) is 0 Å². The number of benzene rings is 8. The summed E-state index contributed by atoms with van der Waals surface area (Å²) in [7, 11) is -17.6. The molecule has 0 bridgehead atoms. The molecular formula is C52H26N8O16S4. The van der Waals surface area contributed by atoms with Gasteiger partial charge in [0.25, 0.3) is 52.6 Å². The first kappa shape index (κ1) is 48.0. The van der Waals surface area contributed by atoms with E-state index in [2.05, 4.69) is 19.9 Å². The van der Waals surface area contributed by atoms with Gasteiger partial charge in [-0.25, -0.2) is 19.9 Å².